The van der Waals surface area contributed by atoms with Gasteiger partial charge in [-0.25, -0.2) is 9.07 Å². The molecule has 0 bridgehead atoms. The lowest BCUT2D eigenvalue weighted by Gasteiger charge is -2.18. The molecule has 33 heavy (non-hydrogen) atoms. The van der Waals surface area contributed by atoms with Crippen molar-refractivity contribution in [2.75, 3.05) is 18.9 Å². The molecule has 0 radical (unpaired) electrons. The third kappa shape index (κ3) is 4.59. The van der Waals surface area contributed by atoms with Gasteiger partial charge in [0, 0.05) is 18.3 Å². The van der Waals surface area contributed by atoms with Crippen LogP contribution in [0.15, 0.2) is 48.5 Å². The van der Waals surface area contributed by atoms with Crippen LogP contribution >= 0.6 is 0 Å². The summed E-state index contributed by atoms with van der Waals surface area (Å²) in [5, 5.41) is 6.64. The lowest BCUT2D eigenvalue weighted by Crippen LogP contribution is -2.36. The van der Waals surface area contributed by atoms with Gasteiger partial charge >= 0.3 is 6.18 Å². The number of alkyl halides is 3. The van der Waals surface area contributed by atoms with Crippen LogP contribution < -0.4 is 5.32 Å². The zero-order chi connectivity index (χ0) is 23.8. The molecule has 0 atom stereocenters. The number of anilines is 1. The summed E-state index contributed by atoms with van der Waals surface area (Å²) in [5.74, 6) is -1.68. The van der Waals surface area contributed by atoms with Crippen LogP contribution in [0, 0.1) is 5.82 Å². The van der Waals surface area contributed by atoms with E-state index < -0.39 is 35.9 Å². The Morgan fingerprint density at radius 1 is 1.09 bits per heavy atom. The van der Waals surface area contributed by atoms with Gasteiger partial charge in [0.2, 0.25) is 5.91 Å². The zero-order valence-corrected chi connectivity index (χ0v) is 17.6. The first-order valence-corrected chi connectivity index (χ1v) is 10.2. The molecule has 2 amide bonds. The number of nitrogens with one attached hydrogen (secondary N) is 1. The van der Waals surface area contributed by atoms with Crippen molar-refractivity contribution < 1.29 is 27.2 Å². The summed E-state index contributed by atoms with van der Waals surface area (Å²) in [4.78, 5) is 26.6. The van der Waals surface area contributed by atoms with Gasteiger partial charge in [-0.2, -0.15) is 18.3 Å². The molecule has 1 aliphatic carbocycles. The van der Waals surface area contributed by atoms with Gasteiger partial charge in [-0.05, 0) is 55.7 Å². The Labute approximate surface area is 186 Å². The number of amides is 2. The molecule has 0 saturated heterocycles. The van der Waals surface area contributed by atoms with E-state index in [9.17, 15) is 27.2 Å². The maximum absolute atomic E-state index is 13.3. The van der Waals surface area contributed by atoms with Gasteiger partial charge < -0.3 is 10.2 Å². The van der Waals surface area contributed by atoms with E-state index in [-0.39, 0.29) is 11.4 Å². The summed E-state index contributed by atoms with van der Waals surface area (Å²) < 4.78 is 54.4. The molecular weight excluding hydrogens is 440 g/mol. The summed E-state index contributed by atoms with van der Waals surface area (Å²) in [6, 6.07) is 10.4. The number of para-hydroxylation sites is 1. The van der Waals surface area contributed by atoms with Crippen LogP contribution in [-0.4, -0.2) is 40.1 Å². The molecule has 0 spiro atoms. The molecule has 0 fully saturated rings. The number of halogens is 4. The molecular formula is C23H20F4N4O2. The predicted molar refractivity (Wildman–Crippen MR) is 113 cm³/mol. The van der Waals surface area contributed by atoms with E-state index in [0.717, 1.165) is 34.7 Å². The molecule has 172 valence electrons. The van der Waals surface area contributed by atoms with Crippen LogP contribution in [-0.2, 0) is 23.8 Å². The van der Waals surface area contributed by atoms with E-state index in [1.54, 1.807) is 16.8 Å². The molecule has 1 N–H and O–H groups in total. The molecule has 10 heteroatoms. The quantitative estimate of drug-likeness (QED) is 0.580. The lowest BCUT2D eigenvalue weighted by atomic mass is 10.1. The number of hydrogen-bond acceptors (Lipinski definition) is 3. The van der Waals surface area contributed by atoms with Crippen LogP contribution in [0.1, 0.15) is 33.7 Å². The van der Waals surface area contributed by atoms with Crippen molar-refractivity contribution in [2.24, 2.45) is 0 Å². The van der Waals surface area contributed by atoms with Crippen LogP contribution in [0.5, 0.6) is 0 Å². The first kappa shape index (κ1) is 22.5. The van der Waals surface area contributed by atoms with Gasteiger partial charge in [0.1, 0.15) is 5.82 Å². The van der Waals surface area contributed by atoms with Crippen molar-refractivity contribution in [3.63, 3.8) is 0 Å². The fraction of sp³-hybridized carbons (Fsp3) is 0.261. The maximum Gasteiger partial charge on any atom is 0.418 e. The molecule has 0 aliphatic heterocycles. The molecule has 0 saturated carbocycles. The third-order valence-corrected chi connectivity index (χ3v) is 5.44. The SMILES string of the molecule is CN(CC(=O)Nc1ccccc1C(F)(F)F)C(=O)c1nn(-c2ccc(F)cc2)c2c1CCC2. The summed E-state index contributed by atoms with van der Waals surface area (Å²) in [7, 11) is 1.38. The highest BCUT2D eigenvalue weighted by Crippen LogP contribution is 2.34. The molecule has 1 aromatic heterocycles. The number of benzene rings is 2. The number of rotatable bonds is 5. The second-order valence-corrected chi connectivity index (χ2v) is 7.77. The Bertz CT molecular complexity index is 1200. The monoisotopic (exact) mass is 460 g/mol. The summed E-state index contributed by atoms with van der Waals surface area (Å²) in [6.45, 7) is -0.455. The largest absolute Gasteiger partial charge is 0.418 e. The normalized spacial score (nSPS) is 13.0. The van der Waals surface area contributed by atoms with Crippen LogP contribution in [0.2, 0.25) is 0 Å². The smallest absolute Gasteiger partial charge is 0.331 e. The van der Waals surface area contributed by atoms with Gasteiger partial charge in [-0.15, -0.1) is 0 Å². The number of nitrogens with zero attached hydrogens (tertiary/aromatic N) is 3. The van der Waals surface area contributed by atoms with Gasteiger partial charge in [0.25, 0.3) is 5.91 Å². The van der Waals surface area contributed by atoms with Crippen molar-refractivity contribution in [1.82, 2.24) is 14.7 Å². The highest BCUT2D eigenvalue weighted by atomic mass is 19.4. The van der Waals surface area contributed by atoms with E-state index >= 15 is 0 Å². The molecule has 3 aromatic rings. The van der Waals surface area contributed by atoms with E-state index in [4.69, 9.17) is 0 Å². The Morgan fingerprint density at radius 3 is 2.48 bits per heavy atom. The van der Waals surface area contributed by atoms with Crippen molar-refractivity contribution >= 4 is 17.5 Å². The summed E-state index contributed by atoms with van der Waals surface area (Å²) >= 11 is 0. The van der Waals surface area contributed by atoms with Crippen molar-refractivity contribution in [1.29, 1.82) is 0 Å². The number of likely N-dealkylation sites (N-methyl/N-ethyl adjacent to an activating group) is 1. The van der Waals surface area contributed by atoms with Gasteiger partial charge in [-0.3, -0.25) is 9.59 Å². The van der Waals surface area contributed by atoms with E-state index in [1.165, 1.54) is 31.3 Å². The van der Waals surface area contributed by atoms with E-state index in [2.05, 4.69) is 10.4 Å². The molecule has 1 heterocycles. The number of aromatic nitrogens is 2. The predicted octanol–water partition coefficient (Wildman–Crippen LogP) is 4.23. The Hall–Kier alpha value is -3.69. The summed E-state index contributed by atoms with van der Waals surface area (Å²) in [6.07, 6.45) is -2.46. The van der Waals surface area contributed by atoms with Crippen LogP contribution in [0.4, 0.5) is 23.2 Å². The Balaban J connectivity index is 1.52. The first-order chi connectivity index (χ1) is 15.6. The van der Waals surface area contributed by atoms with Gasteiger partial charge in [0.15, 0.2) is 5.69 Å². The van der Waals surface area contributed by atoms with Crippen LogP contribution in [0.3, 0.4) is 0 Å². The average Bonchev–Trinajstić information content (AvgIpc) is 3.36. The minimum absolute atomic E-state index is 0.179. The van der Waals surface area contributed by atoms with E-state index in [1.807, 2.05) is 0 Å². The minimum Gasteiger partial charge on any atom is -0.331 e. The zero-order valence-electron chi connectivity index (χ0n) is 17.6. The second-order valence-electron chi connectivity index (χ2n) is 7.77. The number of fused-ring (bicyclic) bond motifs is 1. The molecule has 0 unspecified atom stereocenters. The molecule has 6 nitrogen and oxygen atoms in total. The van der Waals surface area contributed by atoms with Crippen LogP contribution in [0.25, 0.3) is 5.69 Å². The van der Waals surface area contributed by atoms with Crippen molar-refractivity contribution in [3.8, 4) is 5.69 Å². The highest BCUT2D eigenvalue weighted by Gasteiger charge is 2.34. The fourth-order valence-corrected chi connectivity index (χ4v) is 3.90. The second kappa shape index (κ2) is 8.68. The molecule has 1 aliphatic rings. The number of hydrogen-bond donors (Lipinski definition) is 1. The highest BCUT2D eigenvalue weighted by molar-refractivity contribution is 5.99. The topological polar surface area (TPSA) is 67.2 Å². The molecule has 4 rings (SSSR count). The molecule has 2 aromatic carbocycles. The van der Waals surface area contributed by atoms with Crippen molar-refractivity contribution in [3.05, 3.63) is 76.9 Å². The number of carbonyl (C=O) groups is 2. The standard InChI is InChI=1S/C23H20F4N4O2/c1-30(13-20(32)28-18-7-3-2-6-17(18)23(25,26)27)22(33)21-16-5-4-8-19(16)31(29-21)15-11-9-14(24)10-12-15/h2-3,6-7,9-12H,4-5,8,13H2,1H3,(H,28,32). The van der Waals surface area contributed by atoms with Gasteiger partial charge in [-0.1, -0.05) is 12.1 Å². The minimum atomic E-state index is -4.63. The average molecular weight is 460 g/mol. The Morgan fingerprint density at radius 2 is 1.79 bits per heavy atom. The lowest BCUT2D eigenvalue weighted by molar-refractivity contribution is -0.137. The number of carbonyl (C=O) groups excluding carboxylic acids is 2. The van der Waals surface area contributed by atoms with Crippen molar-refractivity contribution in [2.45, 2.75) is 25.4 Å². The van der Waals surface area contributed by atoms with Gasteiger partial charge in [0.05, 0.1) is 23.5 Å². The Kier molecular flexibility index (Phi) is 5.92. The van der Waals surface area contributed by atoms with E-state index in [0.29, 0.717) is 18.5 Å². The maximum atomic E-state index is 13.3. The summed E-state index contributed by atoms with van der Waals surface area (Å²) in [5.41, 5.74) is 1.05. The third-order valence-electron chi connectivity index (χ3n) is 5.44. The first-order valence-electron chi connectivity index (χ1n) is 10.2. The fourth-order valence-electron chi connectivity index (χ4n) is 3.90.